The summed E-state index contributed by atoms with van der Waals surface area (Å²) >= 11 is 0. The molecule has 0 saturated carbocycles. The van der Waals surface area contributed by atoms with Gasteiger partial charge in [0.15, 0.2) is 0 Å². The average molecular weight is 788 g/mol. The lowest BCUT2D eigenvalue weighted by molar-refractivity contribution is -0.197. The first kappa shape index (κ1) is 54.6. The van der Waals surface area contributed by atoms with Crippen molar-refractivity contribution in [1.82, 2.24) is 16.0 Å². The summed E-state index contributed by atoms with van der Waals surface area (Å²) in [6.07, 6.45) is 6.04. The molecule has 0 aliphatic carbocycles. The minimum Gasteiger partial charge on any atom is -0.378 e. The average Bonchev–Trinajstić information content (AvgIpc) is 2.96. The summed E-state index contributed by atoms with van der Waals surface area (Å²) in [5, 5.41) is 10.3. The van der Waals surface area contributed by atoms with E-state index < -0.39 is 16.8 Å². The van der Waals surface area contributed by atoms with Gasteiger partial charge in [0, 0.05) is 24.6 Å². The summed E-state index contributed by atoms with van der Waals surface area (Å²) in [5.74, 6) is 0. The maximum atomic E-state index is 6.99. The van der Waals surface area contributed by atoms with Crippen LogP contribution in [0.2, 0.25) is 0 Å². The predicted octanol–water partition coefficient (Wildman–Crippen LogP) is 9.88. The van der Waals surface area contributed by atoms with Gasteiger partial charge >= 0.3 is 0 Å². The Labute approximate surface area is 342 Å². The number of hydrogen-bond donors (Lipinski definition) is 3. The van der Waals surface area contributed by atoms with E-state index in [1.807, 2.05) is 7.05 Å². The molecule has 9 heteroatoms. The standard InChI is InChI=1S/C46H97N3O6/c1-36(2)48-30-24-42(11,12)52-33-27-44(15,16)55-45(17,18)34-38(54-43(13,14)26-32-51-41(9,10)23-29-47-21)35-53-46(19,20)40(7,8)25-31-50-37(3)22-28-49-39(4,5)6/h36-38,47-49H,22-35H2,1-21H3. The van der Waals surface area contributed by atoms with Crippen molar-refractivity contribution in [1.29, 1.82) is 0 Å². The van der Waals surface area contributed by atoms with Crippen LogP contribution in [0.1, 0.15) is 183 Å². The summed E-state index contributed by atoms with van der Waals surface area (Å²) in [4.78, 5) is 0. The van der Waals surface area contributed by atoms with E-state index >= 15 is 0 Å². The number of nitrogens with one attached hydrogen (secondary N) is 3. The Balaban J connectivity index is 5.72. The molecule has 9 nitrogen and oxygen atoms in total. The van der Waals surface area contributed by atoms with Gasteiger partial charge in [0.2, 0.25) is 0 Å². The molecule has 0 amide bonds. The van der Waals surface area contributed by atoms with Crippen molar-refractivity contribution in [3.05, 3.63) is 0 Å². The lowest BCUT2D eigenvalue weighted by atomic mass is 9.74. The first-order valence-electron chi connectivity index (χ1n) is 21.8. The van der Waals surface area contributed by atoms with Crippen LogP contribution in [0, 0.1) is 5.41 Å². The Bertz CT molecular complexity index is 1020. The summed E-state index contributed by atoms with van der Waals surface area (Å²) in [7, 11) is 1.98. The van der Waals surface area contributed by atoms with Crippen LogP contribution in [0.3, 0.4) is 0 Å². The van der Waals surface area contributed by atoms with E-state index in [1.165, 1.54) is 0 Å². The van der Waals surface area contributed by atoms with E-state index in [2.05, 4.69) is 154 Å². The molecule has 0 aromatic rings. The first-order chi connectivity index (χ1) is 24.7. The van der Waals surface area contributed by atoms with E-state index in [0.29, 0.717) is 38.9 Å². The molecule has 0 radical (unpaired) electrons. The third kappa shape index (κ3) is 27.1. The Kier molecular flexibility index (Phi) is 23.3. The molecule has 0 aromatic carbocycles. The molecule has 0 aliphatic heterocycles. The molecule has 3 N–H and O–H groups in total. The molecule has 0 rings (SSSR count). The summed E-state index contributed by atoms with van der Waals surface area (Å²) in [5.41, 5.74) is -2.11. The van der Waals surface area contributed by atoms with Crippen LogP contribution in [0.4, 0.5) is 0 Å². The van der Waals surface area contributed by atoms with E-state index in [4.69, 9.17) is 28.4 Å². The highest BCUT2D eigenvalue weighted by Gasteiger charge is 2.40. The lowest BCUT2D eigenvalue weighted by Crippen LogP contribution is -2.47. The number of rotatable bonds is 32. The van der Waals surface area contributed by atoms with Crippen LogP contribution in [0.25, 0.3) is 0 Å². The zero-order chi connectivity index (χ0) is 43.0. The zero-order valence-electron chi connectivity index (χ0n) is 40.6. The first-order valence-corrected chi connectivity index (χ1v) is 21.8. The lowest BCUT2D eigenvalue weighted by Gasteiger charge is -2.44. The molecule has 0 aliphatic rings. The smallest absolute Gasteiger partial charge is 0.0843 e. The third-order valence-electron chi connectivity index (χ3n) is 11.0. The molecule has 0 saturated heterocycles. The van der Waals surface area contributed by atoms with Gasteiger partial charge in [-0.2, -0.15) is 0 Å². The molecule has 332 valence electrons. The van der Waals surface area contributed by atoms with Gasteiger partial charge in [0.05, 0.1) is 65.6 Å². The fourth-order valence-corrected chi connectivity index (χ4v) is 6.46. The van der Waals surface area contributed by atoms with Crippen molar-refractivity contribution in [2.24, 2.45) is 5.41 Å². The van der Waals surface area contributed by atoms with Crippen molar-refractivity contribution < 1.29 is 28.4 Å². The zero-order valence-corrected chi connectivity index (χ0v) is 40.6. The van der Waals surface area contributed by atoms with Crippen molar-refractivity contribution in [2.75, 3.05) is 53.1 Å². The number of ether oxygens (including phenoxy) is 6. The SMILES string of the molecule is CNCCC(C)(C)OCCC(C)(C)OC(COC(C)(C)C(C)(C)CCOC(C)CCNC(C)(C)C)CC(C)(C)OC(C)(C)CCOC(C)(C)CCNC(C)C. The topological polar surface area (TPSA) is 91.5 Å². The van der Waals surface area contributed by atoms with Crippen LogP contribution >= 0.6 is 0 Å². The molecule has 0 bridgehead atoms. The summed E-state index contributed by atoms with van der Waals surface area (Å²) < 4.78 is 39.8. The summed E-state index contributed by atoms with van der Waals surface area (Å²) in [6, 6.07) is 0.473. The fraction of sp³-hybridized carbons (Fsp3) is 1.00. The highest BCUT2D eigenvalue weighted by Crippen LogP contribution is 2.38. The second-order valence-corrected chi connectivity index (χ2v) is 21.9. The van der Waals surface area contributed by atoms with Gasteiger partial charge in [-0.15, -0.1) is 0 Å². The minimum atomic E-state index is -0.471. The largest absolute Gasteiger partial charge is 0.378 e. The van der Waals surface area contributed by atoms with Crippen LogP contribution in [-0.2, 0) is 28.4 Å². The highest BCUT2D eigenvalue weighted by molar-refractivity contribution is 4.90. The van der Waals surface area contributed by atoms with Gasteiger partial charge in [-0.05, 0) is 181 Å². The Morgan fingerprint density at radius 2 is 1.05 bits per heavy atom. The van der Waals surface area contributed by atoms with Crippen LogP contribution in [0.15, 0.2) is 0 Å². The molecule has 0 aromatic heterocycles. The maximum absolute atomic E-state index is 6.99. The van der Waals surface area contributed by atoms with Crippen LogP contribution < -0.4 is 16.0 Å². The van der Waals surface area contributed by atoms with Gasteiger partial charge in [0.1, 0.15) is 0 Å². The Hall–Kier alpha value is -0.360. The molecule has 0 fully saturated rings. The van der Waals surface area contributed by atoms with Gasteiger partial charge in [-0.1, -0.05) is 27.7 Å². The van der Waals surface area contributed by atoms with E-state index in [1.54, 1.807) is 0 Å². The second kappa shape index (κ2) is 23.4. The van der Waals surface area contributed by atoms with Crippen LogP contribution in [-0.4, -0.2) is 111 Å². The normalized spacial score (nSPS) is 15.6. The van der Waals surface area contributed by atoms with Crippen molar-refractivity contribution in [3.63, 3.8) is 0 Å². The monoisotopic (exact) mass is 788 g/mol. The van der Waals surface area contributed by atoms with Gasteiger partial charge in [-0.3, -0.25) is 0 Å². The molecule has 2 unspecified atom stereocenters. The predicted molar refractivity (Wildman–Crippen MR) is 235 cm³/mol. The minimum absolute atomic E-state index is 0.116. The highest BCUT2D eigenvalue weighted by atomic mass is 16.6. The summed E-state index contributed by atoms with van der Waals surface area (Å²) in [6.45, 7) is 49.0. The molecular formula is C46H97N3O6. The number of hydrogen-bond acceptors (Lipinski definition) is 9. The fourth-order valence-electron chi connectivity index (χ4n) is 6.46. The van der Waals surface area contributed by atoms with Gasteiger partial charge < -0.3 is 44.4 Å². The van der Waals surface area contributed by atoms with Gasteiger partial charge in [0.25, 0.3) is 0 Å². The van der Waals surface area contributed by atoms with E-state index in [9.17, 15) is 0 Å². The quantitative estimate of drug-likeness (QED) is 0.0617. The van der Waals surface area contributed by atoms with Crippen molar-refractivity contribution in [3.8, 4) is 0 Å². The van der Waals surface area contributed by atoms with Crippen molar-refractivity contribution >= 4 is 0 Å². The van der Waals surface area contributed by atoms with E-state index in [0.717, 1.165) is 58.2 Å². The molecule has 0 heterocycles. The van der Waals surface area contributed by atoms with Crippen LogP contribution in [0.5, 0.6) is 0 Å². The molecule has 2 atom stereocenters. The Morgan fingerprint density at radius 3 is 1.56 bits per heavy atom. The van der Waals surface area contributed by atoms with Crippen molar-refractivity contribution in [2.45, 2.75) is 241 Å². The third-order valence-corrected chi connectivity index (χ3v) is 11.0. The van der Waals surface area contributed by atoms with Gasteiger partial charge in [-0.25, -0.2) is 0 Å². The molecular weight excluding hydrogens is 691 g/mol. The van der Waals surface area contributed by atoms with E-state index in [-0.39, 0.29) is 40.0 Å². The maximum Gasteiger partial charge on any atom is 0.0843 e. The second-order valence-electron chi connectivity index (χ2n) is 21.9. The molecule has 55 heavy (non-hydrogen) atoms. The Morgan fingerprint density at radius 1 is 0.527 bits per heavy atom. The molecule has 0 spiro atoms.